The number of aliphatic imine (C=N–C) groups is 1. The predicted molar refractivity (Wildman–Crippen MR) is 126 cm³/mol. The van der Waals surface area contributed by atoms with E-state index >= 15 is 0 Å². The molecule has 0 unspecified atom stereocenters. The van der Waals surface area contributed by atoms with Gasteiger partial charge in [0, 0.05) is 5.70 Å². The zero-order valence-corrected chi connectivity index (χ0v) is 19.5. The summed E-state index contributed by atoms with van der Waals surface area (Å²) in [5.74, 6) is -0.204. The predicted octanol–water partition coefficient (Wildman–Crippen LogP) is 3.48. The number of carbonyl (C=O) groups is 1. The van der Waals surface area contributed by atoms with Crippen molar-refractivity contribution in [3.63, 3.8) is 0 Å². The van der Waals surface area contributed by atoms with Crippen LogP contribution in [0.25, 0.3) is 0 Å². The number of guanidine groups is 1. The van der Waals surface area contributed by atoms with Crippen LogP contribution in [-0.4, -0.2) is 30.1 Å². The molecule has 0 fully saturated rings. The average molecular weight is 479 g/mol. The van der Waals surface area contributed by atoms with Crippen molar-refractivity contribution in [2.45, 2.75) is 33.4 Å². The summed E-state index contributed by atoms with van der Waals surface area (Å²) in [6.07, 6.45) is 1.75. The molecule has 1 aliphatic heterocycles. The molecule has 182 valence electrons. The highest BCUT2D eigenvalue weighted by atomic mass is 16.6. The molecular weight excluding hydrogens is 454 g/mol. The van der Waals surface area contributed by atoms with Crippen LogP contribution in [0.5, 0.6) is 11.5 Å². The second kappa shape index (κ2) is 11.5. The first-order valence-electron chi connectivity index (χ1n) is 10.9. The molecule has 3 rings (SSSR count). The number of nitriles is 1. The molecule has 2 N–H and O–H groups in total. The van der Waals surface area contributed by atoms with E-state index < -0.39 is 16.9 Å². The number of rotatable bonds is 9. The van der Waals surface area contributed by atoms with Gasteiger partial charge in [-0.1, -0.05) is 30.3 Å². The van der Waals surface area contributed by atoms with Gasteiger partial charge in [-0.25, -0.2) is 9.79 Å². The van der Waals surface area contributed by atoms with E-state index in [0.29, 0.717) is 5.70 Å². The van der Waals surface area contributed by atoms with Gasteiger partial charge in [0.25, 0.3) is 5.69 Å². The highest BCUT2D eigenvalue weighted by molar-refractivity contribution is 5.96. The van der Waals surface area contributed by atoms with E-state index in [2.05, 4.69) is 15.6 Å². The number of benzene rings is 2. The lowest BCUT2D eigenvalue weighted by Crippen LogP contribution is -2.39. The number of ether oxygens (including phenoxy) is 3. The number of nitro groups is 1. The molecule has 0 spiro atoms. The fourth-order valence-corrected chi connectivity index (χ4v) is 3.55. The van der Waals surface area contributed by atoms with E-state index in [1.54, 1.807) is 27.0 Å². The Kier molecular flexibility index (Phi) is 8.24. The fourth-order valence-electron chi connectivity index (χ4n) is 3.55. The second-order valence-corrected chi connectivity index (χ2v) is 7.32. The van der Waals surface area contributed by atoms with E-state index in [9.17, 15) is 14.9 Å². The molecule has 0 bridgehead atoms. The Morgan fingerprint density at radius 2 is 1.91 bits per heavy atom. The number of nitrogens with zero attached hydrogens (tertiary/aromatic N) is 3. The molecule has 1 atom stereocenters. The van der Waals surface area contributed by atoms with E-state index in [1.165, 1.54) is 12.1 Å². The van der Waals surface area contributed by atoms with Gasteiger partial charge in [-0.15, -0.1) is 0 Å². The molecule has 0 amide bonds. The number of hydrogen-bond donors (Lipinski definition) is 2. The SMILES string of the molecule is CCOC(=O)C1=C(C)NC(NC#N)=N[C@H]1c1cc(OCC)c(OCc2ccccc2)cc1[N+](=O)[O-]. The van der Waals surface area contributed by atoms with E-state index in [4.69, 9.17) is 19.5 Å². The van der Waals surface area contributed by atoms with Crippen LogP contribution < -0.4 is 20.1 Å². The van der Waals surface area contributed by atoms with Crippen molar-refractivity contribution in [1.82, 2.24) is 10.6 Å². The molecule has 2 aromatic carbocycles. The lowest BCUT2D eigenvalue weighted by molar-refractivity contribution is -0.385. The Bertz CT molecular complexity index is 1200. The summed E-state index contributed by atoms with van der Waals surface area (Å²) < 4.78 is 16.8. The van der Waals surface area contributed by atoms with E-state index in [-0.39, 0.29) is 54.1 Å². The number of esters is 1. The Morgan fingerprint density at radius 3 is 2.54 bits per heavy atom. The lowest BCUT2D eigenvalue weighted by Gasteiger charge is -2.25. The van der Waals surface area contributed by atoms with Crippen LogP contribution in [0.2, 0.25) is 0 Å². The van der Waals surface area contributed by atoms with Gasteiger partial charge in [0.05, 0.1) is 35.3 Å². The molecule has 0 radical (unpaired) electrons. The smallest absolute Gasteiger partial charge is 0.338 e. The average Bonchev–Trinajstić information content (AvgIpc) is 2.83. The molecule has 0 saturated heterocycles. The number of nitrogens with one attached hydrogen (secondary N) is 2. The van der Waals surface area contributed by atoms with Gasteiger partial charge in [0.1, 0.15) is 12.6 Å². The quantitative estimate of drug-likeness (QED) is 0.181. The molecule has 11 nitrogen and oxygen atoms in total. The normalized spacial score (nSPS) is 14.8. The Hall–Kier alpha value is -4.59. The molecule has 35 heavy (non-hydrogen) atoms. The maximum atomic E-state index is 12.8. The minimum absolute atomic E-state index is 0.0414. The minimum Gasteiger partial charge on any atom is -0.490 e. The summed E-state index contributed by atoms with van der Waals surface area (Å²) in [5.41, 5.74) is 1.07. The van der Waals surface area contributed by atoms with Gasteiger partial charge >= 0.3 is 5.97 Å². The maximum absolute atomic E-state index is 12.8. The van der Waals surface area contributed by atoms with Crippen LogP contribution in [0.3, 0.4) is 0 Å². The maximum Gasteiger partial charge on any atom is 0.338 e. The van der Waals surface area contributed by atoms with Gasteiger partial charge in [0.15, 0.2) is 17.7 Å². The monoisotopic (exact) mass is 479 g/mol. The lowest BCUT2D eigenvalue weighted by atomic mass is 9.94. The van der Waals surface area contributed by atoms with Gasteiger partial charge in [0.2, 0.25) is 5.96 Å². The first-order valence-corrected chi connectivity index (χ1v) is 10.9. The van der Waals surface area contributed by atoms with Gasteiger partial charge in [-0.05, 0) is 32.4 Å². The highest BCUT2D eigenvalue weighted by Crippen LogP contribution is 2.42. The van der Waals surface area contributed by atoms with Crippen LogP contribution in [-0.2, 0) is 16.1 Å². The summed E-state index contributed by atoms with van der Waals surface area (Å²) in [7, 11) is 0. The molecule has 11 heteroatoms. The third kappa shape index (κ3) is 5.86. The van der Waals surface area contributed by atoms with Gasteiger partial charge in [-0.3, -0.25) is 15.4 Å². The first-order chi connectivity index (χ1) is 16.9. The molecule has 0 saturated carbocycles. The largest absolute Gasteiger partial charge is 0.490 e. The molecule has 1 aliphatic rings. The van der Waals surface area contributed by atoms with Crippen LogP contribution in [0.4, 0.5) is 5.69 Å². The van der Waals surface area contributed by atoms with Crippen molar-refractivity contribution >= 4 is 17.6 Å². The van der Waals surface area contributed by atoms with E-state index in [0.717, 1.165) is 5.56 Å². The summed E-state index contributed by atoms with van der Waals surface area (Å²) in [5, 5.41) is 26.3. The summed E-state index contributed by atoms with van der Waals surface area (Å²) in [4.78, 5) is 28.7. The van der Waals surface area contributed by atoms with E-state index in [1.807, 2.05) is 30.3 Å². The topological polar surface area (TPSA) is 148 Å². The van der Waals surface area contributed by atoms with Crippen LogP contribution in [0.1, 0.15) is 37.9 Å². The standard InChI is InChI=1S/C24H25N5O6/c1-4-33-19-11-17(18(29(31)32)12-20(19)35-13-16-9-7-6-8-10-16)22-21(23(30)34-5-2)15(3)27-24(28-22)26-14-25/h6-12,22H,4-5,13H2,1-3H3,(H2,26,27,28)/t22-/m0/s1. The zero-order chi connectivity index (χ0) is 25.4. The number of carbonyl (C=O) groups excluding carboxylic acids is 1. The second-order valence-electron chi connectivity index (χ2n) is 7.32. The molecule has 0 aromatic heterocycles. The number of allylic oxidation sites excluding steroid dienone is 1. The van der Waals surface area contributed by atoms with Crippen LogP contribution in [0.15, 0.2) is 58.7 Å². The number of hydrogen-bond acceptors (Lipinski definition) is 10. The summed E-state index contributed by atoms with van der Waals surface area (Å²) >= 11 is 0. The van der Waals surface area contributed by atoms with Crippen molar-refractivity contribution in [3.8, 4) is 17.7 Å². The molecule has 1 heterocycles. The highest BCUT2D eigenvalue weighted by Gasteiger charge is 2.36. The Balaban J connectivity index is 2.13. The third-order valence-electron chi connectivity index (χ3n) is 5.03. The summed E-state index contributed by atoms with van der Waals surface area (Å²) in [6.45, 7) is 5.57. The molecular formula is C24H25N5O6. The van der Waals surface area contributed by atoms with Gasteiger partial charge < -0.3 is 19.5 Å². The van der Waals surface area contributed by atoms with Crippen molar-refractivity contribution in [3.05, 3.63) is 75.0 Å². The zero-order valence-electron chi connectivity index (χ0n) is 19.5. The minimum atomic E-state index is -1.13. The summed E-state index contributed by atoms with van der Waals surface area (Å²) in [6, 6.07) is 10.9. The van der Waals surface area contributed by atoms with Crippen molar-refractivity contribution < 1.29 is 23.9 Å². The van der Waals surface area contributed by atoms with Crippen molar-refractivity contribution in [1.29, 1.82) is 5.26 Å². The fraction of sp³-hybridized carbons (Fsp3) is 0.292. The van der Waals surface area contributed by atoms with Crippen LogP contribution >= 0.6 is 0 Å². The third-order valence-corrected chi connectivity index (χ3v) is 5.03. The van der Waals surface area contributed by atoms with Crippen molar-refractivity contribution in [2.75, 3.05) is 13.2 Å². The Morgan fingerprint density at radius 1 is 1.20 bits per heavy atom. The Labute approximate surface area is 202 Å². The first kappa shape index (κ1) is 25.0. The number of nitro benzene ring substituents is 1. The molecule has 0 aliphatic carbocycles. The van der Waals surface area contributed by atoms with Gasteiger partial charge in [-0.2, -0.15) is 5.26 Å². The molecule has 2 aromatic rings. The van der Waals surface area contributed by atoms with Crippen molar-refractivity contribution in [2.24, 2.45) is 4.99 Å². The van der Waals surface area contributed by atoms with Crippen LogP contribution in [0, 0.1) is 21.6 Å².